The van der Waals surface area contributed by atoms with Crippen LogP contribution in [-0.2, 0) is 0 Å². The van der Waals surface area contributed by atoms with Crippen LogP contribution in [0.2, 0.25) is 5.02 Å². The van der Waals surface area contributed by atoms with E-state index >= 15 is 0 Å². The predicted octanol–water partition coefficient (Wildman–Crippen LogP) is 2.58. The number of hydrogen-bond acceptors (Lipinski definition) is 3. The van der Waals surface area contributed by atoms with Crippen molar-refractivity contribution in [1.82, 2.24) is 0 Å². The summed E-state index contributed by atoms with van der Waals surface area (Å²) in [5.41, 5.74) is 5.20. The molecular weight excluding hydrogens is 247 g/mol. The largest absolute Gasteiger partial charge is 0.573 e. The van der Waals surface area contributed by atoms with Crippen LogP contribution in [0.3, 0.4) is 0 Å². The molecule has 0 aliphatic heterocycles. The Hall–Kier alpha value is -1.14. The minimum atomic E-state index is -4.76. The average molecular weight is 256 g/mol. The molecule has 7 heteroatoms. The van der Waals surface area contributed by atoms with Gasteiger partial charge >= 0.3 is 6.36 Å². The van der Waals surface area contributed by atoms with E-state index in [9.17, 15) is 13.2 Å². The van der Waals surface area contributed by atoms with Gasteiger partial charge < -0.3 is 15.2 Å². The predicted molar refractivity (Wildman–Crippen MR) is 52.7 cm³/mol. The molecule has 0 heterocycles. The molecule has 0 aromatic heterocycles. The summed E-state index contributed by atoms with van der Waals surface area (Å²) in [6.45, 7) is 0.564. The minimum absolute atomic E-state index is 0.174. The summed E-state index contributed by atoms with van der Waals surface area (Å²) in [4.78, 5) is 0. The van der Waals surface area contributed by atoms with Gasteiger partial charge in [0, 0.05) is 12.6 Å². The van der Waals surface area contributed by atoms with Crippen LogP contribution in [0.15, 0.2) is 18.2 Å². The van der Waals surface area contributed by atoms with E-state index in [4.69, 9.17) is 22.1 Å². The Morgan fingerprint density at radius 1 is 1.31 bits per heavy atom. The third-order valence-electron chi connectivity index (χ3n) is 1.52. The summed E-state index contributed by atoms with van der Waals surface area (Å²) >= 11 is 5.58. The Kier molecular flexibility index (Phi) is 4.26. The number of nitrogens with two attached hydrogens (primary N) is 1. The molecule has 0 unspecified atom stereocenters. The molecule has 0 amide bonds. The van der Waals surface area contributed by atoms with Crippen LogP contribution in [0.4, 0.5) is 13.2 Å². The number of benzene rings is 1. The van der Waals surface area contributed by atoms with Gasteiger partial charge in [0.2, 0.25) is 0 Å². The molecule has 1 aromatic carbocycles. The van der Waals surface area contributed by atoms with Gasteiger partial charge in [0.1, 0.15) is 18.1 Å². The van der Waals surface area contributed by atoms with Crippen molar-refractivity contribution in [1.29, 1.82) is 0 Å². The number of ether oxygens (including phenoxy) is 2. The number of hydrogen-bond donors (Lipinski definition) is 1. The van der Waals surface area contributed by atoms with Crippen LogP contribution >= 0.6 is 11.6 Å². The first-order valence-electron chi connectivity index (χ1n) is 4.30. The number of rotatable bonds is 4. The Morgan fingerprint density at radius 3 is 2.50 bits per heavy atom. The maximum Gasteiger partial charge on any atom is 0.573 e. The van der Waals surface area contributed by atoms with Crippen LogP contribution in [-0.4, -0.2) is 19.5 Å². The van der Waals surface area contributed by atoms with Crippen molar-refractivity contribution in [3.63, 3.8) is 0 Å². The molecule has 90 valence electrons. The molecule has 2 N–H and O–H groups in total. The molecular formula is C9H9ClF3NO2. The van der Waals surface area contributed by atoms with Crippen molar-refractivity contribution < 1.29 is 22.6 Å². The smallest absolute Gasteiger partial charge is 0.492 e. The van der Waals surface area contributed by atoms with E-state index in [1.54, 1.807) is 0 Å². The Balaban J connectivity index is 2.75. The normalized spacial score (nSPS) is 11.3. The molecule has 0 saturated heterocycles. The van der Waals surface area contributed by atoms with Crippen LogP contribution in [0.1, 0.15) is 0 Å². The first-order valence-corrected chi connectivity index (χ1v) is 4.68. The molecule has 3 nitrogen and oxygen atoms in total. The first-order chi connectivity index (χ1) is 7.42. The highest BCUT2D eigenvalue weighted by Crippen LogP contribution is 2.32. The van der Waals surface area contributed by atoms with Gasteiger partial charge in [-0.15, -0.1) is 13.2 Å². The van der Waals surface area contributed by atoms with Crippen molar-refractivity contribution in [2.75, 3.05) is 13.2 Å². The molecule has 16 heavy (non-hydrogen) atoms. The van der Waals surface area contributed by atoms with Crippen molar-refractivity contribution in [2.45, 2.75) is 6.36 Å². The Labute approximate surface area is 94.9 Å². The van der Waals surface area contributed by atoms with E-state index in [0.717, 1.165) is 6.07 Å². The summed E-state index contributed by atoms with van der Waals surface area (Å²) in [6.07, 6.45) is -4.76. The SMILES string of the molecule is NCCOc1ccc(OC(F)(F)F)c(Cl)c1. The third-order valence-corrected chi connectivity index (χ3v) is 1.81. The van der Waals surface area contributed by atoms with E-state index < -0.39 is 12.1 Å². The van der Waals surface area contributed by atoms with Crippen molar-refractivity contribution in [3.8, 4) is 11.5 Å². The third kappa shape index (κ3) is 4.16. The average Bonchev–Trinajstić information content (AvgIpc) is 2.17. The zero-order valence-corrected chi connectivity index (χ0v) is 8.81. The summed E-state index contributed by atoms with van der Waals surface area (Å²) in [7, 11) is 0. The standard InChI is InChI=1S/C9H9ClF3NO2/c10-7-5-6(15-4-3-14)1-2-8(7)16-9(11,12)13/h1-2,5H,3-4,14H2. The van der Waals surface area contributed by atoms with Crippen molar-refractivity contribution >= 4 is 11.6 Å². The lowest BCUT2D eigenvalue weighted by molar-refractivity contribution is -0.274. The van der Waals surface area contributed by atoms with Gasteiger partial charge in [-0.25, -0.2) is 0 Å². The zero-order chi connectivity index (χ0) is 12.2. The summed E-state index contributed by atoms with van der Waals surface area (Å²) in [6, 6.07) is 3.64. The van der Waals surface area contributed by atoms with Crippen molar-refractivity contribution in [3.05, 3.63) is 23.2 Å². The van der Waals surface area contributed by atoms with Gasteiger partial charge in [-0.3, -0.25) is 0 Å². The van der Waals surface area contributed by atoms with Gasteiger partial charge in [-0.1, -0.05) is 11.6 Å². The molecule has 0 saturated carbocycles. The van der Waals surface area contributed by atoms with Gasteiger partial charge in [0.05, 0.1) is 5.02 Å². The van der Waals surface area contributed by atoms with Crippen LogP contribution < -0.4 is 15.2 Å². The highest BCUT2D eigenvalue weighted by atomic mass is 35.5. The van der Waals surface area contributed by atoms with Gasteiger partial charge in [0.25, 0.3) is 0 Å². The zero-order valence-electron chi connectivity index (χ0n) is 8.05. The molecule has 0 atom stereocenters. The lowest BCUT2D eigenvalue weighted by atomic mass is 10.3. The van der Waals surface area contributed by atoms with Crippen molar-refractivity contribution in [2.24, 2.45) is 5.73 Å². The van der Waals surface area contributed by atoms with Crippen LogP contribution in [0, 0.1) is 0 Å². The molecule has 0 radical (unpaired) electrons. The molecule has 1 aromatic rings. The molecule has 0 fully saturated rings. The van der Waals surface area contributed by atoms with E-state index in [-0.39, 0.29) is 11.6 Å². The maximum absolute atomic E-state index is 11.9. The fourth-order valence-corrected chi connectivity index (χ4v) is 1.16. The maximum atomic E-state index is 11.9. The quantitative estimate of drug-likeness (QED) is 0.899. The van der Waals surface area contributed by atoms with Gasteiger partial charge in [-0.2, -0.15) is 0 Å². The second-order valence-electron chi connectivity index (χ2n) is 2.78. The molecule has 0 aliphatic rings. The number of halogens is 4. The lowest BCUT2D eigenvalue weighted by Gasteiger charge is -2.11. The Morgan fingerprint density at radius 2 is 2.00 bits per heavy atom. The monoisotopic (exact) mass is 255 g/mol. The van der Waals surface area contributed by atoms with Crippen LogP contribution in [0.25, 0.3) is 0 Å². The lowest BCUT2D eigenvalue weighted by Crippen LogP contribution is -2.17. The summed E-state index contributed by atoms with van der Waals surface area (Å²) in [5.74, 6) is -0.126. The number of alkyl halides is 3. The Bertz CT molecular complexity index is 357. The minimum Gasteiger partial charge on any atom is -0.492 e. The fraction of sp³-hybridized carbons (Fsp3) is 0.333. The second-order valence-corrected chi connectivity index (χ2v) is 3.18. The first kappa shape index (κ1) is 12.9. The summed E-state index contributed by atoms with van der Waals surface area (Å²) < 4.78 is 44.4. The summed E-state index contributed by atoms with van der Waals surface area (Å²) in [5, 5.41) is -0.174. The van der Waals surface area contributed by atoms with Gasteiger partial charge in [0.15, 0.2) is 0 Å². The fourth-order valence-electron chi connectivity index (χ4n) is 0.956. The highest BCUT2D eigenvalue weighted by Gasteiger charge is 2.32. The molecule has 1 rings (SSSR count). The van der Waals surface area contributed by atoms with Gasteiger partial charge in [-0.05, 0) is 12.1 Å². The van der Waals surface area contributed by atoms with E-state index in [1.807, 2.05) is 0 Å². The second kappa shape index (κ2) is 5.27. The highest BCUT2D eigenvalue weighted by molar-refractivity contribution is 6.32. The van der Waals surface area contributed by atoms with E-state index in [1.165, 1.54) is 12.1 Å². The molecule has 0 spiro atoms. The molecule has 0 aliphatic carbocycles. The topological polar surface area (TPSA) is 44.5 Å². The molecule has 0 bridgehead atoms. The van der Waals surface area contributed by atoms with E-state index in [2.05, 4.69) is 4.74 Å². The van der Waals surface area contributed by atoms with Crippen LogP contribution in [0.5, 0.6) is 11.5 Å². The van der Waals surface area contributed by atoms with E-state index in [0.29, 0.717) is 12.3 Å².